The molecule has 0 bridgehead atoms. The molecule has 0 spiro atoms. The van der Waals surface area contributed by atoms with Gasteiger partial charge in [0.2, 0.25) is 0 Å². The second kappa shape index (κ2) is 5.99. The molecule has 0 saturated carbocycles. The molecule has 0 atom stereocenters. The Balaban J connectivity index is 1.80. The number of nitrogens with zero attached hydrogens (tertiary/aromatic N) is 2. The number of nitriles is 1. The first kappa shape index (κ1) is 14.7. The summed E-state index contributed by atoms with van der Waals surface area (Å²) < 4.78 is 0. The Morgan fingerprint density at radius 1 is 1.12 bits per heavy atom. The van der Waals surface area contributed by atoms with Crippen LogP contribution in [0.2, 0.25) is 0 Å². The van der Waals surface area contributed by atoms with Crippen molar-refractivity contribution < 1.29 is 0 Å². The zero-order valence-corrected chi connectivity index (χ0v) is 13.6. The second-order valence-electron chi connectivity index (χ2n) is 5.77. The third kappa shape index (κ3) is 2.51. The fourth-order valence-electron chi connectivity index (χ4n) is 3.05. The van der Waals surface area contributed by atoms with Crippen LogP contribution in [0.25, 0.3) is 21.6 Å². The molecular weight excluding hydrogens is 318 g/mol. The van der Waals surface area contributed by atoms with Gasteiger partial charge in [-0.2, -0.15) is 5.26 Å². The van der Waals surface area contributed by atoms with Crippen molar-refractivity contribution in [1.29, 1.82) is 5.26 Å². The average Bonchev–Trinajstić information content (AvgIpc) is 3.05. The summed E-state index contributed by atoms with van der Waals surface area (Å²) >= 11 is 6.58. The SMILES string of the molecule is N#C/C(=C\C1=C(Cl)c2ccccc2CC1)c1nc2ccccc2[nH]1. The first-order valence-electron chi connectivity index (χ1n) is 7.80. The van der Waals surface area contributed by atoms with Gasteiger partial charge in [0.1, 0.15) is 11.9 Å². The quantitative estimate of drug-likeness (QED) is 0.667. The standard InChI is InChI=1S/C20H14ClN3/c21-19-14(10-9-13-5-1-2-6-16(13)19)11-15(12-22)20-23-17-7-3-4-8-18(17)24-20/h1-8,11H,9-10H2,(H,23,24)/b15-11+. The summed E-state index contributed by atoms with van der Waals surface area (Å²) in [5.41, 5.74) is 5.55. The summed E-state index contributed by atoms with van der Waals surface area (Å²) in [6.07, 6.45) is 3.61. The predicted octanol–water partition coefficient (Wildman–Crippen LogP) is 5.07. The van der Waals surface area contributed by atoms with E-state index >= 15 is 0 Å². The number of rotatable bonds is 2. The lowest BCUT2D eigenvalue weighted by Crippen LogP contribution is -2.01. The number of nitrogens with one attached hydrogen (secondary N) is 1. The Labute approximate surface area is 144 Å². The van der Waals surface area contributed by atoms with Crippen LogP contribution >= 0.6 is 11.6 Å². The van der Waals surface area contributed by atoms with E-state index in [1.807, 2.05) is 48.5 Å². The molecule has 4 rings (SSSR count). The number of aryl methyl sites for hydroxylation is 1. The fraction of sp³-hybridized carbons (Fsp3) is 0.100. The maximum Gasteiger partial charge on any atom is 0.149 e. The van der Waals surface area contributed by atoms with Crippen molar-refractivity contribution in [3.05, 3.63) is 77.1 Å². The summed E-state index contributed by atoms with van der Waals surface area (Å²) in [6.45, 7) is 0. The fourth-order valence-corrected chi connectivity index (χ4v) is 3.38. The number of allylic oxidation sites excluding steroid dienone is 3. The number of imidazole rings is 1. The van der Waals surface area contributed by atoms with Gasteiger partial charge >= 0.3 is 0 Å². The van der Waals surface area contributed by atoms with Crippen molar-refractivity contribution in [3.8, 4) is 6.07 Å². The van der Waals surface area contributed by atoms with E-state index in [4.69, 9.17) is 11.6 Å². The minimum Gasteiger partial charge on any atom is -0.337 e. The molecule has 0 fully saturated rings. The summed E-state index contributed by atoms with van der Waals surface area (Å²) in [4.78, 5) is 7.71. The molecule has 3 aromatic rings. The summed E-state index contributed by atoms with van der Waals surface area (Å²) in [5, 5.41) is 10.3. The summed E-state index contributed by atoms with van der Waals surface area (Å²) in [5.74, 6) is 0.578. The average molecular weight is 332 g/mol. The normalized spacial score (nSPS) is 14.6. The predicted molar refractivity (Wildman–Crippen MR) is 97.2 cm³/mol. The van der Waals surface area contributed by atoms with E-state index in [0.29, 0.717) is 11.4 Å². The van der Waals surface area contributed by atoms with Crippen molar-refractivity contribution in [2.75, 3.05) is 0 Å². The van der Waals surface area contributed by atoms with Gasteiger partial charge in [-0.1, -0.05) is 48.0 Å². The molecule has 3 nitrogen and oxygen atoms in total. The van der Waals surface area contributed by atoms with Gasteiger partial charge in [0, 0.05) is 0 Å². The number of hydrogen-bond donors (Lipinski definition) is 1. The molecule has 0 unspecified atom stereocenters. The third-order valence-corrected chi connectivity index (χ3v) is 4.73. The Kier molecular flexibility index (Phi) is 3.68. The molecule has 0 amide bonds. The van der Waals surface area contributed by atoms with E-state index in [1.165, 1.54) is 5.56 Å². The number of fused-ring (bicyclic) bond motifs is 2. The topological polar surface area (TPSA) is 52.5 Å². The van der Waals surface area contributed by atoms with Crippen LogP contribution in [0.15, 0.2) is 60.2 Å². The maximum atomic E-state index is 9.57. The van der Waals surface area contributed by atoms with Gasteiger partial charge in [-0.05, 0) is 47.8 Å². The van der Waals surface area contributed by atoms with Gasteiger partial charge in [-0.15, -0.1) is 0 Å². The van der Waals surface area contributed by atoms with E-state index in [-0.39, 0.29) is 0 Å². The largest absolute Gasteiger partial charge is 0.337 e. The Morgan fingerprint density at radius 3 is 2.75 bits per heavy atom. The number of aromatic nitrogens is 2. The van der Waals surface area contributed by atoms with Crippen LogP contribution in [-0.2, 0) is 6.42 Å². The highest BCUT2D eigenvalue weighted by Crippen LogP contribution is 2.35. The Morgan fingerprint density at radius 2 is 1.92 bits per heavy atom. The van der Waals surface area contributed by atoms with E-state index < -0.39 is 0 Å². The highest BCUT2D eigenvalue weighted by atomic mass is 35.5. The highest BCUT2D eigenvalue weighted by molar-refractivity contribution is 6.49. The lowest BCUT2D eigenvalue weighted by molar-refractivity contribution is 0.947. The number of H-pyrrole nitrogens is 1. The maximum absolute atomic E-state index is 9.57. The van der Waals surface area contributed by atoms with Gasteiger partial charge in [0.25, 0.3) is 0 Å². The van der Waals surface area contributed by atoms with Crippen LogP contribution in [0.4, 0.5) is 0 Å². The molecule has 1 aliphatic rings. The molecule has 1 N–H and O–H groups in total. The molecule has 0 radical (unpaired) electrons. The highest BCUT2D eigenvalue weighted by Gasteiger charge is 2.17. The van der Waals surface area contributed by atoms with Gasteiger partial charge in [-0.3, -0.25) is 0 Å². The van der Waals surface area contributed by atoms with Crippen molar-refractivity contribution in [2.24, 2.45) is 0 Å². The van der Waals surface area contributed by atoms with Crippen LogP contribution in [0.1, 0.15) is 23.4 Å². The van der Waals surface area contributed by atoms with E-state index in [9.17, 15) is 5.26 Å². The lowest BCUT2D eigenvalue weighted by Gasteiger charge is -2.17. The molecule has 4 heteroatoms. The number of aromatic amines is 1. The molecule has 1 aromatic heterocycles. The van der Waals surface area contributed by atoms with Crippen molar-refractivity contribution in [3.63, 3.8) is 0 Å². The van der Waals surface area contributed by atoms with Crippen molar-refractivity contribution >= 4 is 33.2 Å². The molecule has 116 valence electrons. The smallest absolute Gasteiger partial charge is 0.149 e. The summed E-state index contributed by atoms with van der Waals surface area (Å²) in [7, 11) is 0. The van der Waals surface area contributed by atoms with Crippen LogP contribution in [0, 0.1) is 11.3 Å². The van der Waals surface area contributed by atoms with E-state index in [0.717, 1.165) is 40.0 Å². The first-order chi connectivity index (χ1) is 11.8. The van der Waals surface area contributed by atoms with Gasteiger partial charge in [0.05, 0.1) is 21.6 Å². The van der Waals surface area contributed by atoms with Gasteiger partial charge in [0.15, 0.2) is 0 Å². The summed E-state index contributed by atoms with van der Waals surface area (Å²) in [6, 6.07) is 18.1. The molecule has 24 heavy (non-hydrogen) atoms. The minimum atomic E-state index is 0.499. The van der Waals surface area contributed by atoms with Crippen LogP contribution in [0.3, 0.4) is 0 Å². The zero-order valence-electron chi connectivity index (χ0n) is 12.9. The van der Waals surface area contributed by atoms with Crippen LogP contribution in [0.5, 0.6) is 0 Å². The zero-order chi connectivity index (χ0) is 16.5. The van der Waals surface area contributed by atoms with Crippen molar-refractivity contribution in [1.82, 2.24) is 9.97 Å². The van der Waals surface area contributed by atoms with Crippen LogP contribution < -0.4 is 0 Å². The lowest BCUT2D eigenvalue weighted by atomic mass is 9.91. The van der Waals surface area contributed by atoms with E-state index in [2.05, 4.69) is 22.1 Å². The first-order valence-corrected chi connectivity index (χ1v) is 8.18. The van der Waals surface area contributed by atoms with Crippen LogP contribution in [-0.4, -0.2) is 9.97 Å². The second-order valence-corrected chi connectivity index (χ2v) is 6.15. The number of hydrogen-bond acceptors (Lipinski definition) is 2. The van der Waals surface area contributed by atoms with Gasteiger partial charge in [-0.25, -0.2) is 4.98 Å². The molecule has 0 saturated heterocycles. The minimum absolute atomic E-state index is 0.499. The van der Waals surface area contributed by atoms with Gasteiger partial charge < -0.3 is 4.98 Å². The molecule has 2 aromatic carbocycles. The number of benzene rings is 2. The van der Waals surface area contributed by atoms with E-state index in [1.54, 1.807) is 0 Å². The molecule has 1 aliphatic carbocycles. The third-order valence-electron chi connectivity index (χ3n) is 4.28. The molecule has 0 aliphatic heterocycles. The molecular formula is C20H14ClN3. The molecule has 1 heterocycles. The Bertz CT molecular complexity index is 1000. The number of halogens is 1. The Hall–Kier alpha value is -2.83. The monoisotopic (exact) mass is 331 g/mol. The van der Waals surface area contributed by atoms with Crippen molar-refractivity contribution in [2.45, 2.75) is 12.8 Å². The number of para-hydroxylation sites is 2.